The fourth-order valence-electron chi connectivity index (χ4n) is 2.32. The number of carbonyl (C=O) groups is 1. The minimum atomic E-state index is -0.0675. The van der Waals surface area contributed by atoms with Crippen molar-refractivity contribution in [3.8, 4) is 11.5 Å². The molecule has 1 N–H and O–H groups in total. The van der Waals surface area contributed by atoms with E-state index in [4.69, 9.17) is 9.47 Å². The van der Waals surface area contributed by atoms with Crippen LogP contribution < -0.4 is 9.47 Å². The lowest BCUT2D eigenvalue weighted by atomic mass is 9.80. The molecule has 0 heterocycles. The zero-order valence-corrected chi connectivity index (χ0v) is 15.8. The van der Waals surface area contributed by atoms with E-state index < -0.39 is 0 Å². The zero-order valence-electron chi connectivity index (χ0n) is 15.8. The van der Waals surface area contributed by atoms with Crippen molar-refractivity contribution in [1.82, 2.24) is 4.90 Å². The third kappa shape index (κ3) is 5.71. The van der Waals surface area contributed by atoms with Gasteiger partial charge in [0, 0.05) is 25.1 Å². The minimum absolute atomic E-state index is 0.0383. The maximum atomic E-state index is 12.7. The second-order valence-electron chi connectivity index (χ2n) is 7.19. The quantitative estimate of drug-likeness (QED) is 0.792. The summed E-state index contributed by atoms with van der Waals surface area (Å²) >= 11 is 0. The maximum Gasteiger partial charge on any atom is 0.223 e. The molecule has 0 aliphatic heterocycles. The molecule has 5 nitrogen and oxygen atoms in total. The Morgan fingerprint density at radius 1 is 1.25 bits per heavy atom. The number of hydrogen-bond donors (Lipinski definition) is 1. The van der Waals surface area contributed by atoms with Gasteiger partial charge in [-0.05, 0) is 29.5 Å². The molecule has 0 radical (unpaired) electrons. The summed E-state index contributed by atoms with van der Waals surface area (Å²) in [7, 11) is 3.21. The van der Waals surface area contributed by atoms with Crippen LogP contribution in [0.5, 0.6) is 11.5 Å². The largest absolute Gasteiger partial charge is 0.497 e. The van der Waals surface area contributed by atoms with Crippen molar-refractivity contribution >= 4 is 5.91 Å². The van der Waals surface area contributed by atoms with E-state index in [0.717, 1.165) is 5.56 Å². The second-order valence-corrected chi connectivity index (χ2v) is 7.19. The molecule has 136 valence electrons. The molecule has 0 aliphatic rings. The van der Waals surface area contributed by atoms with E-state index in [1.807, 2.05) is 18.2 Å². The lowest BCUT2D eigenvalue weighted by molar-refractivity contribution is -0.134. The molecule has 0 aliphatic carbocycles. The van der Waals surface area contributed by atoms with Gasteiger partial charge in [0.1, 0.15) is 11.5 Å². The predicted octanol–water partition coefficient (Wildman–Crippen LogP) is 3.10. The van der Waals surface area contributed by atoms with Gasteiger partial charge >= 0.3 is 0 Å². The molecule has 1 aromatic carbocycles. The summed E-state index contributed by atoms with van der Waals surface area (Å²) < 4.78 is 10.6. The molecule has 1 rings (SSSR count). The van der Waals surface area contributed by atoms with Crippen LogP contribution >= 0.6 is 0 Å². The maximum absolute atomic E-state index is 12.7. The number of aliphatic hydroxyl groups is 1. The lowest BCUT2D eigenvalue weighted by Crippen LogP contribution is -2.35. The van der Waals surface area contributed by atoms with Crippen molar-refractivity contribution in [2.24, 2.45) is 11.3 Å². The highest BCUT2D eigenvalue weighted by Crippen LogP contribution is 2.30. The van der Waals surface area contributed by atoms with Gasteiger partial charge in [-0.3, -0.25) is 4.79 Å². The van der Waals surface area contributed by atoms with Gasteiger partial charge in [0.05, 0.1) is 20.8 Å². The summed E-state index contributed by atoms with van der Waals surface area (Å²) in [6, 6.07) is 5.51. The number of rotatable bonds is 8. The molecule has 1 atom stereocenters. The first-order valence-corrected chi connectivity index (χ1v) is 8.32. The van der Waals surface area contributed by atoms with Gasteiger partial charge in [-0.1, -0.05) is 27.7 Å². The summed E-state index contributed by atoms with van der Waals surface area (Å²) in [5.41, 5.74) is 0.927. The van der Waals surface area contributed by atoms with Gasteiger partial charge in [0.25, 0.3) is 0 Å². The molecule has 1 unspecified atom stereocenters. The summed E-state index contributed by atoms with van der Waals surface area (Å²) in [5.74, 6) is 1.70. The van der Waals surface area contributed by atoms with Crippen LogP contribution in [-0.2, 0) is 11.3 Å². The van der Waals surface area contributed by atoms with Gasteiger partial charge in [-0.25, -0.2) is 0 Å². The Kier molecular flexibility index (Phi) is 7.55. The Morgan fingerprint density at radius 3 is 2.42 bits per heavy atom. The third-order valence-corrected chi connectivity index (χ3v) is 4.53. The fourth-order valence-corrected chi connectivity index (χ4v) is 2.32. The van der Waals surface area contributed by atoms with Gasteiger partial charge in [-0.2, -0.15) is 0 Å². The van der Waals surface area contributed by atoms with Crippen molar-refractivity contribution in [3.05, 3.63) is 23.8 Å². The highest BCUT2D eigenvalue weighted by Gasteiger charge is 2.25. The molecule has 0 saturated heterocycles. The lowest BCUT2D eigenvalue weighted by Gasteiger charge is -2.30. The van der Waals surface area contributed by atoms with Crippen molar-refractivity contribution in [2.45, 2.75) is 40.7 Å². The van der Waals surface area contributed by atoms with Crippen LogP contribution in [0.15, 0.2) is 18.2 Å². The van der Waals surface area contributed by atoms with Gasteiger partial charge in [0.15, 0.2) is 0 Å². The van der Waals surface area contributed by atoms with Crippen LogP contribution in [-0.4, -0.2) is 43.3 Å². The molecular weight excluding hydrogens is 306 g/mol. The normalized spacial score (nSPS) is 12.6. The molecule has 1 amide bonds. The molecule has 0 saturated carbocycles. The van der Waals surface area contributed by atoms with E-state index in [-0.39, 0.29) is 23.8 Å². The topological polar surface area (TPSA) is 59.0 Å². The van der Waals surface area contributed by atoms with E-state index in [0.29, 0.717) is 31.0 Å². The third-order valence-electron chi connectivity index (χ3n) is 4.53. The first kappa shape index (κ1) is 20.3. The average molecular weight is 337 g/mol. The Bertz CT molecular complexity index is 537. The molecule has 24 heavy (non-hydrogen) atoms. The molecule has 0 bridgehead atoms. The number of amides is 1. The monoisotopic (exact) mass is 337 g/mol. The molecule has 0 fully saturated rings. The first-order chi connectivity index (χ1) is 11.2. The van der Waals surface area contributed by atoms with Crippen LogP contribution in [0.25, 0.3) is 0 Å². The van der Waals surface area contributed by atoms with Crippen molar-refractivity contribution in [1.29, 1.82) is 0 Å². The van der Waals surface area contributed by atoms with Crippen LogP contribution in [0.3, 0.4) is 0 Å². The van der Waals surface area contributed by atoms with E-state index in [2.05, 4.69) is 27.7 Å². The Labute approximate surface area is 145 Å². The van der Waals surface area contributed by atoms with Gasteiger partial charge < -0.3 is 19.5 Å². The molecule has 0 spiro atoms. The van der Waals surface area contributed by atoms with E-state index in [9.17, 15) is 9.90 Å². The number of aliphatic hydroxyl groups excluding tert-OH is 1. The Morgan fingerprint density at radius 2 is 1.92 bits per heavy atom. The zero-order chi connectivity index (χ0) is 18.3. The van der Waals surface area contributed by atoms with Crippen molar-refractivity contribution < 1.29 is 19.4 Å². The van der Waals surface area contributed by atoms with Crippen LogP contribution in [0.2, 0.25) is 0 Å². The van der Waals surface area contributed by atoms with Crippen molar-refractivity contribution in [2.75, 3.05) is 27.4 Å². The molecule has 1 aromatic rings. The number of ether oxygens (including phenoxy) is 2. The number of methoxy groups -OCH3 is 2. The van der Waals surface area contributed by atoms with Gasteiger partial charge in [-0.15, -0.1) is 0 Å². The van der Waals surface area contributed by atoms with Crippen LogP contribution in [0.1, 0.15) is 39.7 Å². The average Bonchev–Trinajstić information content (AvgIpc) is 2.53. The SMILES string of the molecule is COc1ccc(OC)c(CN(CCO)C(=O)CC(C)C(C)(C)C)c1. The number of benzene rings is 1. The highest BCUT2D eigenvalue weighted by molar-refractivity contribution is 5.76. The summed E-state index contributed by atoms with van der Waals surface area (Å²) in [6.45, 7) is 9.10. The summed E-state index contributed by atoms with van der Waals surface area (Å²) in [4.78, 5) is 14.4. The van der Waals surface area contributed by atoms with E-state index >= 15 is 0 Å². The van der Waals surface area contributed by atoms with Crippen LogP contribution in [0.4, 0.5) is 0 Å². The predicted molar refractivity (Wildman–Crippen MR) is 95.3 cm³/mol. The number of nitrogens with zero attached hydrogens (tertiary/aromatic N) is 1. The number of carbonyl (C=O) groups excluding carboxylic acids is 1. The Hall–Kier alpha value is -1.75. The highest BCUT2D eigenvalue weighted by atomic mass is 16.5. The molecular formula is C19H31NO4. The first-order valence-electron chi connectivity index (χ1n) is 8.32. The van der Waals surface area contributed by atoms with E-state index in [1.165, 1.54) is 0 Å². The standard InChI is InChI=1S/C19H31NO4/c1-14(19(2,3)4)11-18(22)20(9-10-21)13-15-12-16(23-5)7-8-17(15)24-6/h7-8,12,14,21H,9-11,13H2,1-6H3. The summed E-state index contributed by atoms with van der Waals surface area (Å²) in [6.07, 6.45) is 0.454. The Balaban J connectivity index is 2.95. The van der Waals surface area contributed by atoms with Crippen molar-refractivity contribution in [3.63, 3.8) is 0 Å². The molecule has 5 heteroatoms. The van der Waals surface area contributed by atoms with Crippen LogP contribution in [0, 0.1) is 11.3 Å². The fraction of sp³-hybridized carbons (Fsp3) is 0.632. The van der Waals surface area contributed by atoms with Gasteiger partial charge in [0.2, 0.25) is 5.91 Å². The second kappa shape index (κ2) is 8.92. The minimum Gasteiger partial charge on any atom is -0.497 e. The number of hydrogen-bond acceptors (Lipinski definition) is 4. The smallest absolute Gasteiger partial charge is 0.223 e. The molecule has 0 aromatic heterocycles. The summed E-state index contributed by atoms with van der Waals surface area (Å²) in [5, 5.41) is 9.33. The van der Waals surface area contributed by atoms with E-state index in [1.54, 1.807) is 19.1 Å².